The zero-order chi connectivity index (χ0) is 73.4. The Morgan fingerprint density at radius 2 is 0.661 bits per heavy atom. The molecule has 0 aliphatic carbocycles. The van der Waals surface area contributed by atoms with Crippen LogP contribution in [0.1, 0.15) is 22.3 Å². The maximum Gasteiger partial charge on any atom is 0.381 e. The molecule has 109 heavy (non-hydrogen) atoms. The normalized spacial score (nSPS) is 11.9. The molecule has 0 saturated carbocycles. The molecule has 9 nitrogen and oxygen atoms in total. The van der Waals surface area contributed by atoms with E-state index in [2.05, 4.69) is 334 Å². The van der Waals surface area contributed by atoms with Gasteiger partial charge < -0.3 is 22.1 Å². The van der Waals surface area contributed by atoms with E-state index >= 15 is 0 Å². The average Bonchev–Trinajstić information content (AvgIpc) is 1.61. The van der Waals surface area contributed by atoms with E-state index in [0.29, 0.717) is 0 Å². The predicted molar refractivity (Wildman–Crippen MR) is 451 cm³/mol. The standard InChI is InChI=1S/C25H18NO2.2C25H18NOS.C23H18NO/c1-15-18-9-5-6-10-22(18)28-25(15)21-13-20-19-11-16-7-3-4-8-17(16)12-23(19)27-24(20)14-26(21)2;1-15-17-8-5-6-10-23(17)28-25(15)21-13-20-19-12-11-16-7-3-4-9-18(16)24(19)27-22(20)14-26(21)2;1-15-18-9-5-6-10-24(18)28-25(15)21-13-20-19-11-16-7-3-4-8-17(16)12-22(19)27-23(20)14-26(21)2;1-15-7-3-5-9-17(15)21-14-13-20-19-12-11-16-8-4-6-10-18(16)22(19)25-23(20)24(21)2/h3*3-14H,1-2H3;3-14H,1-2H3/q4*+1. The number of furan rings is 5. The maximum atomic E-state index is 6.36. The van der Waals surface area contributed by atoms with Gasteiger partial charge in [-0.2, -0.15) is 18.3 Å². The minimum atomic E-state index is 0.880. The molecule has 23 rings (SSSR count). The summed E-state index contributed by atoms with van der Waals surface area (Å²) in [6.45, 7) is 8.71. The van der Waals surface area contributed by atoms with Crippen molar-refractivity contribution in [3.63, 3.8) is 0 Å². The third kappa shape index (κ3) is 10.9. The lowest BCUT2D eigenvalue weighted by Gasteiger charge is -2.03. The molecule has 0 aliphatic heterocycles. The van der Waals surface area contributed by atoms with E-state index < -0.39 is 0 Å². The van der Waals surface area contributed by atoms with Crippen LogP contribution in [0.2, 0.25) is 0 Å². The highest BCUT2D eigenvalue weighted by atomic mass is 32.1. The summed E-state index contributed by atoms with van der Waals surface area (Å²) in [6, 6.07) is 96.1. The van der Waals surface area contributed by atoms with Crippen molar-refractivity contribution in [1.82, 2.24) is 0 Å². The lowest BCUT2D eigenvalue weighted by Crippen LogP contribution is -2.31. The average molecular weight is 1450 g/mol. The summed E-state index contributed by atoms with van der Waals surface area (Å²) in [5.41, 5.74) is 19.3. The van der Waals surface area contributed by atoms with Crippen LogP contribution in [0.15, 0.2) is 314 Å². The number of aromatic nitrogens is 4. The summed E-state index contributed by atoms with van der Waals surface area (Å²) in [5.74, 6) is 0.903. The molecule has 0 N–H and O–H groups in total. The molecular formula is C98H72N4O5S2+4. The second-order valence-electron chi connectivity index (χ2n) is 28.7. The van der Waals surface area contributed by atoms with Gasteiger partial charge in [0.05, 0.1) is 5.39 Å². The molecule has 0 radical (unpaired) electrons. The topological polar surface area (TPSA) is 81.2 Å². The van der Waals surface area contributed by atoms with E-state index in [4.69, 9.17) is 22.1 Å². The van der Waals surface area contributed by atoms with Gasteiger partial charge >= 0.3 is 5.71 Å². The van der Waals surface area contributed by atoms with Gasteiger partial charge in [0, 0.05) is 98.7 Å². The molecule has 0 unspecified atom stereocenters. The Bertz CT molecular complexity index is 7320. The van der Waals surface area contributed by atoms with Crippen molar-refractivity contribution in [3.8, 4) is 43.9 Å². The number of thiophene rings is 2. The fraction of sp³-hybridized carbons (Fsp3) is 0.0816. The number of hydrogen-bond donors (Lipinski definition) is 0. The van der Waals surface area contributed by atoms with Gasteiger partial charge in [-0.3, -0.25) is 0 Å². The number of rotatable bonds is 4. The van der Waals surface area contributed by atoms with Crippen molar-refractivity contribution < 1.29 is 40.4 Å². The molecule has 522 valence electrons. The molecule has 23 aromatic rings. The highest BCUT2D eigenvalue weighted by Gasteiger charge is 2.28. The molecule has 11 aromatic heterocycles. The second kappa shape index (κ2) is 25.9. The van der Waals surface area contributed by atoms with Crippen LogP contribution in [-0.2, 0) is 28.2 Å². The fourth-order valence-corrected chi connectivity index (χ4v) is 18.9. The van der Waals surface area contributed by atoms with Crippen LogP contribution >= 0.6 is 22.7 Å². The summed E-state index contributed by atoms with van der Waals surface area (Å²) in [6.07, 6.45) is 6.27. The van der Waals surface area contributed by atoms with Crippen molar-refractivity contribution in [3.05, 3.63) is 314 Å². The van der Waals surface area contributed by atoms with E-state index in [0.717, 1.165) is 100 Å². The first-order valence-electron chi connectivity index (χ1n) is 36.8. The summed E-state index contributed by atoms with van der Waals surface area (Å²) in [4.78, 5) is 2.64. The first-order chi connectivity index (χ1) is 53.3. The van der Waals surface area contributed by atoms with E-state index in [1.165, 1.54) is 128 Å². The maximum absolute atomic E-state index is 6.36. The third-order valence-electron chi connectivity index (χ3n) is 22.1. The summed E-state index contributed by atoms with van der Waals surface area (Å²) >= 11 is 3.72. The van der Waals surface area contributed by atoms with Gasteiger partial charge in [0.2, 0.25) is 47.1 Å². The number of para-hydroxylation sites is 1. The zero-order valence-electron chi connectivity index (χ0n) is 61.4. The molecule has 0 saturated heterocycles. The molecule has 11 heteroatoms. The van der Waals surface area contributed by atoms with Gasteiger partial charge in [-0.05, 0) is 154 Å². The van der Waals surface area contributed by atoms with Crippen LogP contribution in [0.25, 0.3) is 206 Å². The number of fused-ring (bicyclic) bond motifs is 21. The van der Waals surface area contributed by atoms with E-state index in [9.17, 15) is 0 Å². The smallest absolute Gasteiger partial charge is 0.381 e. The molecule has 11 heterocycles. The number of aryl methyl sites for hydroxylation is 8. The van der Waals surface area contributed by atoms with Gasteiger partial charge in [0.25, 0.3) is 0 Å². The lowest BCUT2D eigenvalue weighted by atomic mass is 10.0. The monoisotopic (exact) mass is 1450 g/mol. The molecule has 0 spiro atoms. The Morgan fingerprint density at radius 1 is 0.257 bits per heavy atom. The zero-order valence-corrected chi connectivity index (χ0v) is 63.0. The Balaban J connectivity index is 0.0000000955. The molecule has 0 amide bonds. The summed E-state index contributed by atoms with van der Waals surface area (Å²) in [7, 11) is 8.31. The number of pyridine rings is 4. The molecule has 0 bridgehead atoms. The fourth-order valence-electron chi connectivity index (χ4n) is 16.4. The van der Waals surface area contributed by atoms with Gasteiger partial charge in [-0.25, -0.2) is 0 Å². The van der Waals surface area contributed by atoms with Crippen LogP contribution in [0, 0.1) is 27.7 Å². The number of hydrogen-bond acceptors (Lipinski definition) is 7. The van der Waals surface area contributed by atoms with Crippen LogP contribution < -0.4 is 18.3 Å². The molecule has 0 aliphatic rings. The van der Waals surface area contributed by atoms with Crippen molar-refractivity contribution in [2.75, 3.05) is 0 Å². The van der Waals surface area contributed by atoms with E-state index in [1.807, 2.05) is 54.1 Å². The van der Waals surface area contributed by atoms with Gasteiger partial charge in [-0.15, -0.1) is 22.7 Å². The van der Waals surface area contributed by atoms with E-state index in [1.54, 1.807) is 0 Å². The van der Waals surface area contributed by atoms with Crippen LogP contribution in [0.5, 0.6) is 0 Å². The Morgan fingerprint density at radius 3 is 1.19 bits per heavy atom. The summed E-state index contributed by atoms with van der Waals surface area (Å²) in [5, 5.41) is 22.7. The molecule has 0 fully saturated rings. The van der Waals surface area contributed by atoms with Crippen molar-refractivity contribution in [2.24, 2.45) is 28.2 Å². The lowest BCUT2D eigenvalue weighted by molar-refractivity contribution is -0.659. The Hall–Kier alpha value is -13.1. The highest BCUT2D eigenvalue weighted by Crippen LogP contribution is 2.44. The van der Waals surface area contributed by atoms with Crippen molar-refractivity contribution >= 4 is 185 Å². The van der Waals surface area contributed by atoms with E-state index in [-0.39, 0.29) is 0 Å². The predicted octanol–water partition coefficient (Wildman–Crippen LogP) is 25.3. The first kappa shape index (κ1) is 65.5. The number of nitrogens with zero attached hydrogens (tertiary/aromatic N) is 4. The minimum absolute atomic E-state index is 0.880. The van der Waals surface area contributed by atoms with Crippen LogP contribution in [-0.4, -0.2) is 0 Å². The molecule has 0 atom stereocenters. The summed E-state index contributed by atoms with van der Waals surface area (Å²) < 4.78 is 42.5. The van der Waals surface area contributed by atoms with Gasteiger partial charge in [0.15, 0.2) is 16.7 Å². The van der Waals surface area contributed by atoms with Crippen LogP contribution in [0.3, 0.4) is 0 Å². The molecular weight excluding hydrogens is 1380 g/mol. The van der Waals surface area contributed by atoms with Crippen LogP contribution in [0.4, 0.5) is 0 Å². The number of benzene rings is 12. The quantitative estimate of drug-likeness (QED) is 0.164. The minimum Gasteiger partial charge on any atom is -0.450 e. The van der Waals surface area contributed by atoms with Gasteiger partial charge in [0.1, 0.15) is 65.9 Å². The Labute approximate surface area is 634 Å². The van der Waals surface area contributed by atoms with Gasteiger partial charge in [-0.1, -0.05) is 182 Å². The highest BCUT2D eigenvalue weighted by molar-refractivity contribution is 7.22. The SMILES string of the molecule is Cc1c(-c2cc3c(c[n+]2C)oc2c4ccccc4ccc32)sc2ccccc12.Cc1c(-c2cc3c(c[n+]2C)oc2cc4ccccc4cc23)oc2ccccc12.Cc1c(-c2cc3c(c[n+]2C)oc2cc4ccccc4cc23)sc2ccccc12.Cc1ccccc1-c1ccc2c3ccc4ccccc4c3oc2[n+]1C. The molecule has 12 aromatic carbocycles. The second-order valence-corrected chi connectivity index (χ2v) is 30.8. The largest absolute Gasteiger partial charge is 0.450 e. The Kier molecular flexibility index (Phi) is 15.5. The first-order valence-corrected chi connectivity index (χ1v) is 38.4. The van der Waals surface area contributed by atoms with Crippen molar-refractivity contribution in [2.45, 2.75) is 27.7 Å². The van der Waals surface area contributed by atoms with Crippen molar-refractivity contribution in [1.29, 1.82) is 0 Å². The third-order valence-corrected chi connectivity index (χ3v) is 24.7.